The van der Waals surface area contributed by atoms with Crippen LogP contribution in [0.25, 0.3) is 0 Å². The maximum atomic E-state index is 5.55. The SMILES string of the molecule is CCNC(=NCc1cc(C(C)C)no1)NC1CCCN(c2ccccc2OC)C1.I. The highest BCUT2D eigenvalue weighted by atomic mass is 127. The summed E-state index contributed by atoms with van der Waals surface area (Å²) >= 11 is 0. The Balaban J connectivity index is 0.00000320. The Morgan fingerprint density at radius 1 is 1.37 bits per heavy atom. The Hall–Kier alpha value is -1.97. The molecule has 0 aliphatic carbocycles. The molecule has 0 saturated carbocycles. The summed E-state index contributed by atoms with van der Waals surface area (Å²) in [5, 5.41) is 11.0. The van der Waals surface area contributed by atoms with E-state index in [1.807, 2.05) is 18.2 Å². The number of methoxy groups -OCH3 is 1. The van der Waals surface area contributed by atoms with Crippen molar-refractivity contribution in [1.82, 2.24) is 15.8 Å². The Morgan fingerprint density at radius 3 is 2.87 bits per heavy atom. The largest absolute Gasteiger partial charge is 0.495 e. The van der Waals surface area contributed by atoms with E-state index in [1.54, 1.807) is 7.11 Å². The van der Waals surface area contributed by atoms with E-state index < -0.39 is 0 Å². The van der Waals surface area contributed by atoms with Crippen molar-refractivity contribution in [3.8, 4) is 5.75 Å². The molecule has 1 atom stereocenters. The summed E-state index contributed by atoms with van der Waals surface area (Å²) in [6.45, 7) is 9.50. The summed E-state index contributed by atoms with van der Waals surface area (Å²) in [5.74, 6) is 2.86. The summed E-state index contributed by atoms with van der Waals surface area (Å²) < 4.78 is 11.0. The van der Waals surface area contributed by atoms with Crippen LogP contribution >= 0.6 is 24.0 Å². The molecular formula is C22H34IN5O2. The number of anilines is 1. The predicted molar refractivity (Wildman–Crippen MR) is 132 cm³/mol. The van der Waals surface area contributed by atoms with Crippen LogP contribution in [-0.4, -0.2) is 43.9 Å². The molecule has 0 amide bonds. The lowest BCUT2D eigenvalue weighted by Crippen LogP contribution is -2.51. The molecule has 1 fully saturated rings. The molecule has 0 radical (unpaired) electrons. The first-order valence-corrected chi connectivity index (χ1v) is 10.5. The van der Waals surface area contributed by atoms with Gasteiger partial charge in [0.15, 0.2) is 11.7 Å². The molecule has 1 saturated heterocycles. The Morgan fingerprint density at radius 2 is 2.17 bits per heavy atom. The number of piperidine rings is 1. The van der Waals surface area contributed by atoms with Gasteiger partial charge in [-0.2, -0.15) is 0 Å². The number of ether oxygens (including phenoxy) is 1. The van der Waals surface area contributed by atoms with Crippen molar-refractivity contribution in [3.63, 3.8) is 0 Å². The van der Waals surface area contributed by atoms with Gasteiger partial charge in [0, 0.05) is 31.7 Å². The minimum absolute atomic E-state index is 0. The average molecular weight is 527 g/mol. The van der Waals surface area contributed by atoms with Crippen molar-refractivity contribution in [1.29, 1.82) is 0 Å². The fourth-order valence-electron chi connectivity index (χ4n) is 3.55. The van der Waals surface area contributed by atoms with Crippen LogP contribution in [0.4, 0.5) is 5.69 Å². The molecule has 1 aliphatic heterocycles. The number of aliphatic imine (C=N–C) groups is 1. The van der Waals surface area contributed by atoms with Crippen LogP contribution in [0.15, 0.2) is 39.8 Å². The molecule has 0 bridgehead atoms. The molecule has 8 heteroatoms. The lowest BCUT2D eigenvalue weighted by atomic mass is 10.0. The van der Waals surface area contributed by atoms with Gasteiger partial charge >= 0.3 is 0 Å². The van der Waals surface area contributed by atoms with Gasteiger partial charge in [-0.3, -0.25) is 0 Å². The van der Waals surface area contributed by atoms with Gasteiger partial charge in [0.2, 0.25) is 0 Å². The van der Waals surface area contributed by atoms with Crippen molar-refractivity contribution in [2.75, 3.05) is 31.6 Å². The minimum Gasteiger partial charge on any atom is -0.495 e. The van der Waals surface area contributed by atoms with Crippen LogP contribution in [0.5, 0.6) is 5.75 Å². The maximum Gasteiger partial charge on any atom is 0.191 e. The zero-order valence-corrected chi connectivity index (χ0v) is 20.7. The molecule has 166 valence electrons. The summed E-state index contributed by atoms with van der Waals surface area (Å²) in [7, 11) is 1.72. The highest BCUT2D eigenvalue weighted by Crippen LogP contribution is 2.29. The highest BCUT2D eigenvalue weighted by molar-refractivity contribution is 14.0. The Bertz CT molecular complexity index is 808. The highest BCUT2D eigenvalue weighted by Gasteiger charge is 2.23. The molecule has 2 aromatic rings. The molecule has 1 aromatic carbocycles. The first-order valence-electron chi connectivity index (χ1n) is 10.5. The van der Waals surface area contributed by atoms with Gasteiger partial charge < -0.3 is 24.8 Å². The molecular weight excluding hydrogens is 493 g/mol. The standard InChI is InChI=1S/C22H33N5O2.HI/c1-5-23-22(24-14-18-13-19(16(2)3)26-29-18)25-17-9-8-12-27(15-17)20-10-6-7-11-21(20)28-4;/h6-7,10-11,13,16-17H,5,8-9,12,14-15H2,1-4H3,(H2,23,24,25);1H. The fraction of sp³-hybridized carbons (Fsp3) is 0.545. The number of benzene rings is 1. The van der Waals surface area contributed by atoms with E-state index in [0.29, 0.717) is 18.5 Å². The Labute approximate surface area is 196 Å². The zero-order valence-electron chi connectivity index (χ0n) is 18.4. The minimum atomic E-state index is 0. The number of halogens is 1. The number of hydrogen-bond donors (Lipinski definition) is 2. The lowest BCUT2D eigenvalue weighted by Gasteiger charge is -2.36. The topological polar surface area (TPSA) is 74.9 Å². The van der Waals surface area contributed by atoms with Gasteiger partial charge in [-0.15, -0.1) is 24.0 Å². The van der Waals surface area contributed by atoms with Crippen LogP contribution in [0.1, 0.15) is 51.0 Å². The molecule has 0 spiro atoms. The third-order valence-electron chi connectivity index (χ3n) is 5.09. The number of rotatable bonds is 7. The molecule has 2 heterocycles. The van der Waals surface area contributed by atoms with E-state index in [1.165, 1.54) is 0 Å². The van der Waals surface area contributed by atoms with Crippen LogP contribution in [0.2, 0.25) is 0 Å². The van der Waals surface area contributed by atoms with Crippen LogP contribution in [0, 0.1) is 0 Å². The van der Waals surface area contributed by atoms with Gasteiger partial charge in [0.05, 0.1) is 18.5 Å². The van der Waals surface area contributed by atoms with Crippen molar-refractivity contribution < 1.29 is 9.26 Å². The van der Waals surface area contributed by atoms with Crippen molar-refractivity contribution >= 4 is 35.6 Å². The first-order chi connectivity index (χ1) is 14.1. The molecule has 1 aliphatic rings. The van der Waals surface area contributed by atoms with Gasteiger partial charge in [-0.05, 0) is 37.8 Å². The number of nitrogens with one attached hydrogen (secondary N) is 2. The van der Waals surface area contributed by atoms with E-state index in [4.69, 9.17) is 14.3 Å². The Kier molecular flexibility index (Phi) is 9.74. The summed E-state index contributed by atoms with van der Waals surface area (Å²) in [4.78, 5) is 7.08. The number of guanidine groups is 1. The van der Waals surface area contributed by atoms with E-state index in [0.717, 1.165) is 61.3 Å². The number of nitrogens with zero attached hydrogens (tertiary/aromatic N) is 3. The summed E-state index contributed by atoms with van der Waals surface area (Å²) in [6, 6.07) is 10.5. The van der Waals surface area contributed by atoms with Crippen LogP contribution in [-0.2, 0) is 6.54 Å². The lowest BCUT2D eigenvalue weighted by molar-refractivity contribution is 0.376. The predicted octanol–water partition coefficient (Wildman–Crippen LogP) is 4.15. The van der Waals surface area contributed by atoms with Crippen molar-refractivity contribution in [3.05, 3.63) is 41.8 Å². The molecule has 3 rings (SSSR count). The second-order valence-electron chi connectivity index (χ2n) is 7.67. The van der Waals surface area contributed by atoms with E-state index in [2.05, 4.69) is 53.6 Å². The van der Waals surface area contributed by atoms with Crippen molar-refractivity contribution in [2.45, 2.75) is 52.1 Å². The number of para-hydroxylation sites is 2. The van der Waals surface area contributed by atoms with Gasteiger partial charge in [0.25, 0.3) is 0 Å². The third-order valence-corrected chi connectivity index (χ3v) is 5.09. The normalized spacial score (nSPS) is 16.9. The van der Waals surface area contributed by atoms with Gasteiger partial charge in [-0.1, -0.05) is 31.1 Å². The maximum absolute atomic E-state index is 5.55. The van der Waals surface area contributed by atoms with E-state index in [-0.39, 0.29) is 24.0 Å². The first kappa shape index (κ1) is 24.3. The average Bonchev–Trinajstić information content (AvgIpc) is 3.22. The smallest absolute Gasteiger partial charge is 0.191 e. The summed E-state index contributed by atoms with van der Waals surface area (Å²) in [5.41, 5.74) is 2.11. The molecule has 7 nitrogen and oxygen atoms in total. The molecule has 30 heavy (non-hydrogen) atoms. The van der Waals surface area contributed by atoms with Gasteiger partial charge in [-0.25, -0.2) is 4.99 Å². The van der Waals surface area contributed by atoms with E-state index in [9.17, 15) is 0 Å². The third kappa shape index (κ3) is 6.52. The zero-order chi connectivity index (χ0) is 20.6. The van der Waals surface area contributed by atoms with Crippen molar-refractivity contribution in [2.24, 2.45) is 4.99 Å². The molecule has 2 N–H and O–H groups in total. The monoisotopic (exact) mass is 527 g/mol. The van der Waals surface area contributed by atoms with Crippen LogP contribution in [0.3, 0.4) is 0 Å². The fourth-order valence-corrected chi connectivity index (χ4v) is 3.55. The number of hydrogen-bond acceptors (Lipinski definition) is 5. The second-order valence-corrected chi connectivity index (χ2v) is 7.67. The molecule has 1 aromatic heterocycles. The molecule has 1 unspecified atom stereocenters. The van der Waals surface area contributed by atoms with E-state index >= 15 is 0 Å². The second kappa shape index (κ2) is 12.0. The quantitative estimate of drug-likeness (QED) is 0.320. The van der Waals surface area contributed by atoms with Gasteiger partial charge in [0.1, 0.15) is 12.3 Å². The summed E-state index contributed by atoms with van der Waals surface area (Å²) in [6.07, 6.45) is 2.23. The van der Waals surface area contributed by atoms with Crippen LogP contribution < -0.4 is 20.3 Å². The number of aromatic nitrogens is 1.